The van der Waals surface area contributed by atoms with Gasteiger partial charge in [0.05, 0.1) is 7.11 Å². The Kier molecular flexibility index (Phi) is 4.94. The predicted octanol–water partition coefficient (Wildman–Crippen LogP) is 1.34. The Morgan fingerprint density at radius 2 is 2.00 bits per heavy atom. The van der Waals surface area contributed by atoms with Crippen molar-refractivity contribution < 1.29 is 14.3 Å². The maximum Gasteiger partial charge on any atom is 0.330 e. The second kappa shape index (κ2) is 6.48. The van der Waals surface area contributed by atoms with Gasteiger partial charge >= 0.3 is 5.97 Å². The summed E-state index contributed by atoms with van der Waals surface area (Å²) in [7, 11) is 1.26. The molecule has 1 aromatic rings. The topological polar surface area (TPSA) is 55.4 Å². The molecule has 1 amide bonds. The number of ether oxygens (including phenoxy) is 1. The van der Waals surface area contributed by atoms with Crippen LogP contribution in [0.2, 0.25) is 0 Å². The van der Waals surface area contributed by atoms with Gasteiger partial charge in [-0.3, -0.25) is 4.79 Å². The van der Waals surface area contributed by atoms with E-state index < -0.39 is 5.97 Å². The van der Waals surface area contributed by atoms with Crippen LogP contribution in [0.15, 0.2) is 36.4 Å². The Morgan fingerprint density at radius 3 is 2.65 bits per heavy atom. The minimum absolute atomic E-state index is 0.321. The molecule has 0 aromatic heterocycles. The lowest BCUT2D eigenvalue weighted by Crippen LogP contribution is -2.21. The fourth-order valence-electron chi connectivity index (χ4n) is 1.26. The van der Waals surface area contributed by atoms with E-state index >= 15 is 0 Å². The largest absolute Gasteiger partial charge is 0.466 e. The average molecular weight is 233 g/mol. The van der Waals surface area contributed by atoms with Crippen molar-refractivity contribution in [3.63, 3.8) is 0 Å². The Morgan fingerprint density at radius 1 is 1.29 bits per heavy atom. The molecule has 0 aliphatic rings. The first kappa shape index (κ1) is 13.0. The number of amides is 1. The molecule has 0 spiro atoms. The first-order valence-corrected chi connectivity index (χ1v) is 5.22. The molecule has 90 valence electrons. The molecule has 0 bridgehead atoms. The summed E-state index contributed by atoms with van der Waals surface area (Å²) < 4.78 is 4.38. The molecule has 0 aliphatic carbocycles. The van der Waals surface area contributed by atoms with E-state index in [2.05, 4.69) is 10.1 Å². The molecule has 0 aliphatic heterocycles. The van der Waals surface area contributed by atoms with Gasteiger partial charge in [-0.1, -0.05) is 24.3 Å². The van der Waals surface area contributed by atoms with Gasteiger partial charge in [0.1, 0.15) is 0 Å². The molecule has 0 saturated heterocycles. The fraction of sp³-hybridized carbons (Fsp3) is 0.231. The summed E-state index contributed by atoms with van der Waals surface area (Å²) in [6.45, 7) is 2.42. The van der Waals surface area contributed by atoms with E-state index in [-0.39, 0.29) is 5.91 Å². The van der Waals surface area contributed by atoms with E-state index in [1.807, 2.05) is 31.2 Å². The molecule has 0 radical (unpaired) electrons. The van der Waals surface area contributed by atoms with Crippen molar-refractivity contribution in [1.29, 1.82) is 0 Å². The molecule has 1 aromatic carbocycles. The summed E-state index contributed by atoms with van der Waals surface area (Å²) in [6.07, 6.45) is 2.25. The zero-order valence-corrected chi connectivity index (χ0v) is 9.90. The second-order valence-corrected chi connectivity index (χ2v) is 3.50. The maximum atomic E-state index is 11.3. The number of rotatable bonds is 4. The minimum atomic E-state index is -0.545. The molecular weight excluding hydrogens is 218 g/mol. The third kappa shape index (κ3) is 4.51. The van der Waals surface area contributed by atoms with Crippen molar-refractivity contribution in [3.05, 3.63) is 47.5 Å². The van der Waals surface area contributed by atoms with Crippen molar-refractivity contribution >= 4 is 11.9 Å². The first-order chi connectivity index (χ1) is 8.13. The standard InChI is InChI=1S/C13H15NO3/c1-10-5-3-4-6-11(10)9-14-12(15)7-8-13(16)17-2/h3-8H,9H2,1-2H3,(H,14,15)/b8-7-. The summed E-state index contributed by atoms with van der Waals surface area (Å²) in [5, 5.41) is 2.69. The van der Waals surface area contributed by atoms with Crippen LogP contribution in [-0.2, 0) is 20.9 Å². The number of hydrogen-bond acceptors (Lipinski definition) is 3. The Labute approximate surface area is 100 Å². The number of esters is 1. The third-order valence-electron chi connectivity index (χ3n) is 2.29. The summed E-state index contributed by atoms with van der Waals surface area (Å²) in [6, 6.07) is 7.78. The number of aryl methyl sites for hydroxylation is 1. The van der Waals surface area contributed by atoms with Gasteiger partial charge in [0, 0.05) is 18.7 Å². The lowest BCUT2D eigenvalue weighted by molar-refractivity contribution is -0.135. The zero-order valence-electron chi connectivity index (χ0n) is 9.90. The van der Waals surface area contributed by atoms with E-state index in [1.165, 1.54) is 7.11 Å². The highest BCUT2D eigenvalue weighted by atomic mass is 16.5. The van der Waals surface area contributed by atoms with Gasteiger partial charge in [0.15, 0.2) is 0 Å². The van der Waals surface area contributed by atoms with E-state index in [0.29, 0.717) is 6.54 Å². The molecule has 17 heavy (non-hydrogen) atoms. The highest BCUT2D eigenvalue weighted by Crippen LogP contribution is 2.05. The smallest absolute Gasteiger partial charge is 0.330 e. The zero-order chi connectivity index (χ0) is 12.7. The predicted molar refractivity (Wildman–Crippen MR) is 64.2 cm³/mol. The average Bonchev–Trinajstić information content (AvgIpc) is 2.35. The molecule has 4 nitrogen and oxygen atoms in total. The number of nitrogens with one attached hydrogen (secondary N) is 1. The van der Waals surface area contributed by atoms with Crippen LogP contribution in [0.5, 0.6) is 0 Å². The summed E-state index contributed by atoms with van der Waals surface area (Å²) >= 11 is 0. The molecule has 4 heteroatoms. The first-order valence-electron chi connectivity index (χ1n) is 5.22. The summed E-state index contributed by atoms with van der Waals surface area (Å²) in [5.74, 6) is -0.866. The van der Waals surface area contributed by atoms with Crippen LogP contribution in [0.1, 0.15) is 11.1 Å². The van der Waals surface area contributed by atoms with Crippen molar-refractivity contribution in [2.75, 3.05) is 7.11 Å². The van der Waals surface area contributed by atoms with Gasteiger partial charge in [-0.25, -0.2) is 4.79 Å². The second-order valence-electron chi connectivity index (χ2n) is 3.50. The van der Waals surface area contributed by atoms with Crippen molar-refractivity contribution in [1.82, 2.24) is 5.32 Å². The van der Waals surface area contributed by atoms with Crippen molar-refractivity contribution in [3.8, 4) is 0 Å². The molecule has 1 rings (SSSR count). The van der Waals surface area contributed by atoms with Crippen LogP contribution in [0, 0.1) is 6.92 Å². The quantitative estimate of drug-likeness (QED) is 0.630. The molecule has 0 unspecified atom stereocenters. The van der Waals surface area contributed by atoms with Gasteiger partial charge in [-0.05, 0) is 18.1 Å². The van der Waals surface area contributed by atoms with E-state index in [9.17, 15) is 9.59 Å². The monoisotopic (exact) mass is 233 g/mol. The van der Waals surface area contributed by atoms with Crippen LogP contribution in [-0.4, -0.2) is 19.0 Å². The van der Waals surface area contributed by atoms with Crippen molar-refractivity contribution in [2.24, 2.45) is 0 Å². The molecular formula is C13H15NO3. The minimum Gasteiger partial charge on any atom is -0.466 e. The number of methoxy groups -OCH3 is 1. The number of carbonyl (C=O) groups excluding carboxylic acids is 2. The highest BCUT2D eigenvalue weighted by Gasteiger charge is 2.00. The van der Waals surface area contributed by atoms with Crippen LogP contribution in [0.4, 0.5) is 0 Å². The number of benzene rings is 1. The molecule has 0 atom stereocenters. The van der Waals surface area contributed by atoms with Gasteiger partial charge in [-0.15, -0.1) is 0 Å². The maximum absolute atomic E-state index is 11.3. The Bertz CT molecular complexity index is 438. The van der Waals surface area contributed by atoms with Gasteiger partial charge in [-0.2, -0.15) is 0 Å². The number of carbonyl (C=O) groups is 2. The van der Waals surface area contributed by atoms with Crippen LogP contribution >= 0.6 is 0 Å². The van der Waals surface area contributed by atoms with Gasteiger partial charge < -0.3 is 10.1 Å². The lowest BCUT2D eigenvalue weighted by atomic mass is 10.1. The highest BCUT2D eigenvalue weighted by molar-refractivity contribution is 5.94. The Hall–Kier alpha value is -2.10. The fourth-order valence-corrected chi connectivity index (χ4v) is 1.26. The Balaban J connectivity index is 2.46. The summed E-state index contributed by atoms with van der Waals surface area (Å²) in [4.78, 5) is 22.1. The molecule has 0 fully saturated rings. The van der Waals surface area contributed by atoms with Gasteiger partial charge in [0.25, 0.3) is 0 Å². The van der Waals surface area contributed by atoms with Crippen LogP contribution < -0.4 is 5.32 Å². The van der Waals surface area contributed by atoms with Gasteiger partial charge in [0.2, 0.25) is 5.91 Å². The van der Waals surface area contributed by atoms with Crippen LogP contribution in [0.25, 0.3) is 0 Å². The SMILES string of the molecule is COC(=O)/C=C\C(=O)NCc1ccccc1C. The van der Waals surface area contributed by atoms with Crippen LogP contribution in [0.3, 0.4) is 0 Å². The third-order valence-corrected chi connectivity index (χ3v) is 2.29. The summed E-state index contributed by atoms with van der Waals surface area (Å²) in [5.41, 5.74) is 2.16. The molecule has 0 heterocycles. The molecule has 1 N–H and O–H groups in total. The van der Waals surface area contributed by atoms with E-state index in [1.54, 1.807) is 0 Å². The molecule has 0 saturated carbocycles. The van der Waals surface area contributed by atoms with E-state index in [0.717, 1.165) is 23.3 Å². The lowest BCUT2D eigenvalue weighted by Gasteiger charge is -2.05. The van der Waals surface area contributed by atoms with Crippen molar-refractivity contribution in [2.45, 2.75) is 13.5 Å². The van der Waals surface area contributed by atoms with E-state index in [4.69, 9.17) is 0 Å². The normalized spacial score (nSPS) is 10.2. The number of hydrogen-bond donors (Lipinski definition) is 1.